The zero-order valence-electron chi connectivity index (χ0n) is 9.79. The number of nitrogens with zero attached hydrogens (tertiary/aromatic N) is 2. The highest BCUT2D eigenvalue weighted by atomic mass is 79.9. The number of rotatable bonds is 1. The third-order valence-corrected chi connectivity index (χ3v) is 3.72. The highest BCUT2D eigenvalue weighted by Crippen LogP contribution is 2.41. The van der Waals surface area contributed by atoms with Crippen LogP contribution < -0.4 is 9.47 Å². The molecule has 8 heteroatoms. The van der Waals surface area contributed by atoms with Crippen LogP contribution in [0, 0.1) is 5.82 Å². The minimum Gasteiger partial charge on any atom is -0.486 e. The first-order valence-corrected chi connectivity index (χ1v) is 7.09. The van der Waals surface area contributed by atoms with E-state index in [1.165, 1.54) is 0 Å². The van der Waals surface area contributed by atoms with Crippen LogP contribution in [-0.2, 0) is 0 Å². The van der Waals surface area contributed by atoms with Crippen LogP contribution in [0.25, 0.3) is 11.4 Å². The van der Waals surface area contributed by atoms with Crippen molar-refractivity contribution in [3.05, 3.63) is 32.7 Å². The molecule has 4 nitrogen and oxygen atoms in total. The summed E-state index contributed by atoms with van der Waals surface area (Å²) < 4.78 is 25.0. The second kappa shape index (κ2) is 5.35. The topological polar surface area (TPSA) is 44.2 Å². The predicted octanol–water partition coefficient (Wildman–Crippen LogP) is 4.12. The van der Waals surface area contributed by atoms with Crippen LogP contribution in [-0.4, -0.2) is 23.2 Å². The lowest BCUT2D eigenvalue weighted by Gasteiger charge is -2.20. The van der Waals surface area contributed by atoms with E-state index in [9.17, 15) is 4.39 Å². The fraction of sp³-hybridized carbons (Fsp3) is 0.167. The van der Waals surface area contributed by atoms with Gasteiger partial charge in [-0.2, -0.15) is 0 Å². The van der Waals surface area contributed by atoms with Crippen molar-refractivity contribution in [1.29, 1.82) is 0 Å². The van der Waals surface area contributed by atoms with Crippen molar-refractivity contribution in [2.45, 2.75) is 0 Å². The molecule has 0 bridgehead atoms. The minimum absolute atomic E-state index is 0.207. The molecule has 3 rings (SSSR count). The summed E-state index contributed by atoms with van der Waals surface area (Å²) in [4.78, 5) is 7.74. The molecule has 0 spiro atoms. The van der Waals surface area contributed by atoms with Gasteiger partial charge >= 0.3 is 0 Å². The summed E-state index contributed by atoms with van der Waals surface area (Å²) in [7, 11) is 0. The molecule has 0 atom stereocenters. The van der Waals surface area contributed by atoms with Crippen LogP contribution in [0.4, 0.5) is 4.39 Å². The van der Waals surface area contributed by atoms with Crippen LogP contribution in [0.3, 0.4) is 0 Å². The van der Waals surface area contributed by atoms with Crippen molar-refractivity contribution < 1.29 is 13.9 Å². The van der Waals surface area contributed by atoms with Crippen molar-refractivity contribution in [3.8, 4) is 22.9 Å². The van der Waals surface area contributed by atoms with Gasteiger partial charge in [-0.3, -0.25) is 0 Å². The molecular formula is C12H6BrCl2FN2O2. The normalized spacial score (nSPS) is 13.4. The Bertz CT molecular complexity index is 676. The Kier molecular flexibility index (Phi) is 3.70. The maximum absolute atomic E-state index is 13.3. The fourth-order valence-electron chi connectivity index (χ4n) is 1.76. The molecule has 0 radical (unpaired) electrons. The molecule has 2 heterocycles. The number of ether oxygens (including phenoxy) is 2. The summed E-state index contributed by atoms with van der Waals surface area (Å²) in [5.41, 5.74) is 0.588. The average Bonchev–Trinajstić information content (AvgIpc) is 2.44. The van der Waals surface area contributed by atoms with Gasteiger partial charge in [0.2, 0.25) is 0 Å². The van der Waals surface area contributed by atoms with E-state index in [-0.39, 0.29) is 16.1 Å². The SMILES string of the molecule is Fc1c(Cl)nc(-c2cc(Br)c3c(c2)OCCO3)nc1Cl. The van der Waals surface area contributed by atoms with Crippen molar-refractivity contribution in [2.75, 3.05) is 13.2 Å². The fourth-order valence-corrected chi connectivity index (χ4v) is 2.71. The molecule has 0 aliphatic carbocycles. The number of fused-ring (bicyclic) bond motifs is 1. The Morgan fingerprint density at radius 3 is 2.45 bits per heavy atom. The van der Waals surface area contributed by atoms with Crippen molar-refractivity contribution in [2.24, 2.45) is 0 Å². The van der Waals surface area contributed by atoms with E-state index in [0.29, 0.717) is 34.7 Å². The molecule has 0 N–H and O–H groups in total. The van der Waals surface area contributed by atoms with Gasteiger partial charge in [-0.15, -0.1) is 0 Å². The zero-order valence-corrected chi connectivity index (χ0v) is 12.9. The Morgan fingerprint density at radius 1 is 1.10 bits per heavy atom. The summed E-state index contributed by atoms with van der Waals surface area (Å²) in [6.07, 6.45) is 0. The number of benzene rings is 1. The Hall–Kier alpha value is -1.11. The standard InChI is InChI=1S/C12H6BrCl2FN2O2/c13-6-3-5(4-7-9(6)20-2-1-19-7)12-17-10(14)8(16)11(15)18-12/h3-4H,1-2H2. The summed E-state index contributed by atoms with van der Waals surface area (Å²) >= 11 is 14.7. The first-order chi connectivity index (χ1) is 9.56. The van der Waals surface area contributed by atoms with Crippen molar-refractivity contribution in [3.63, 3.8) is 0 Å². The molecule has 20 heavy (non-hydrogen) atoms. The summed E-state index contributed by atoms with van der Waals surface area (Å²) in [6, 6.07) is 3.42. The van der Waals surface area contributed by atoms with Crippen LogP contribution in [0.5, 0.6) is 11.5 Å². The van der Waals surface area contributed by atoms with Gasteiger partial charge in [-0.1, -0.05) is 23.2 Å². The van der Waals surface area contributed by atoms with Gasteiger partial charge in [0, 0.05) is 5.56 Å². The number of halogens is 4. The highest BCUT2D eigenvalue weighted by Gasteiger charge is 2.19. The molecule has 0 saturated carbocycles. The maximum atomic E-state index is 13.3. The van der Waals surface area contributed by atoms with Crippen LogP contribution in [0.2, 0.25) is 10.3 Å². The van der Waals surface area contributed by atoms with Crippen molar-refractivity contribution >= 4 is 39.1 Å². The van der Waals surface area contributed by atoms with Crippen LogP contribution in [0.1, 0.15) is 0 Å². The van der Waals surface area contributed by atoms with E-state index in [1.54, 1.807) is 12.1 Å². The van der Waals surface area contributed by atoms with Crippen molar-refractivity contribution in [1.82, 2.24) is 9.97 Å². The van der Waals surface area contributed by atoms with Gasteiger partial charge in [-0.25, -0.2) is 14.4 Å². The first kappa shape index (κ1) is 13.9. The van der Waals surface area contributed by atoms with E-state index >= 15 is 0 Å². The summed E-state index contributed by atoms with van der Waals surface area (Å²) in [6.45, 7) is 0.935. The monoisotopic (exact) mass is 378 g/mol. The smallest absolute Gasteiger partial charge is 0.197 e. The largest absolute Gasteiger partial charge is 0.486 e. The van der Waals surface area contributed by atoms with Gasteiger partial charge in [0.05, 0.1) is 4.47 Å². The number of hydrogen-bond donors (Lipinski definition) is 0. The second-order valence-corrected chi connectivity index (χ2v) is 5.50. The Balaban J connectivity index is 2.13. The minimum atomic E-state index is -0.839. The van der Waals surface area contributed by atoms with E-state index in [1.807, 2.05) is 0 Å². The van der Waals surface area contributed by atoms with E-state index in [0.717, 1.165) is 0 Å². The summed E-state index contributed by atoms with van der Waals surface area (Å²) in [5.74, 6) is 0.535. The average molecular weight is 380 g/mol. The highest BCUT2D eigenvalue weighted by molar-refractivity contribution is 9.10. The van der Waals surface area contributed by atoms with Gasteiger partial charge in [0.25, 0.3) is 0 Å². The molecule has 1 aromatic heterocycles. The van der Waals surface area contributed by atoms with E-state index in [4.69, 9.17) is 32.7 Å². The van der Waals surface area contributed by atoms with Gasteiger partial charge in [-0.05, 0) is 28.1 Å². The third-order valence-electron chi connectivity index (χ3n) is 2.63. The Morgan fingerprint density at radius 2 is 1.75 bits per heavy atom. The molecule has 0 unspecified atom stereocenters. The molecule has 104 valence electrons. The Labute approximate surface area is 132 Å². The van der Waals surface area contributed by atoms with Crippen LogP contribution in [0.15, 0.2) is 16.6 Å². The van der Waals surface area contributed by atoms with E-state index < -0.39 is 5.82 Å². The zero-order chi connectivity index (χ0) is 14.3. The maximum Gasteiger partial charge on any atom is 0.197 e. The molecule has 0 saturated heterocycles. The molecule has 1 aromatic carbocycles. The van der Waals surface area contributed by atoms with Gasteiger partial charge in [0.1, 0.15) is 13.2 Å². The quantitative estimate of drug-likeness (QED) is 0.699. The number of aromatic nitrogens is 2. The summed E-state index contributed by atoms with van der Waals surface area (Å²) in [5, 5.41) is -0.656. The van der Waals surface area contributed by atoms with Gasteiger partial charge < -0.3 is 9.47 Å². The number of hydrogen-bond acceptors (Lipinski definition) is 4. The molecule has 1 aliphatic heterocycles. The van der Waals surface area contributed by atoms with Gasteiger partial charge in [0.15, 0.2) is 33.4 Å². The molecule has 0 amide bonds. The lowest BCUT2D eigenvalue weighted by molar-refractivity contribution is 0.170. The van der Waals surface area contributed by atoms with Crippen LogP contribution >= 0.6 is 39.1 Å². The first-order valence-electron chi connectivity index (χ1n) is 5.54. The molecule has 1 aliphatic rings. The molecule has 2 aromatic rings. The predicted molar refractivity (Wildman–Crippen MR) is 76.1 cm³/mol. The molecule has 0 fully saturated rings. The third kappa shape index (κ3) is 2.43. The lowest BCUT2D eigenvalue weighted by Crippen LogP contribution is -2.15. The lowest BCUT2D eigenvalue weighted by atomic mass is 10.2. The second-order valence-electron chi connectivity index (χ2n) is 3.93. The van der Waals surface area contributed by atoms with E-state index in [2.05, 4.69) is 25.9 Å². The molecular weight excluding hydrogens is 374 g/mol.